The summed E-state index contributed by atoms with van der Waals surface area (Å²) >= 11 is 0. The predicted octanol–water partition coefficient (Wildman–Crippen LogP) is -1.70. The van der Waals surface area contributed by atoms with Crippen LogP contribution < -0.4 is 27.4 Å². The van der Waals surface area contributed by atoms with Crippen LogP contribution in [0.5, 0.6) is 0 Å². The van der Waals surface area contributed by atoms with Crippen molar-refractivity contribution in [2.75, 3.05) is 0 Å². The maximum atomic E-state index is 12.9. The lowest BCUT2D eigenvalue weighted by atomic mass is 9.96. The van der Waals surface area contributed by atoms with Gasteiger partial charge in [0, 0.05) is 6.42 Å². The molecule has 0 radical (unpaired) electrons. The lowest BCUT2D eigenvalue weighted by Gasteiger charge is -2.28. The quantitative estimate of drug-likeness (QED) is 0.143. The zero-order valence-corrected chi connectivity index (χ0v) is 19.3. The largest absolute Gasteiger partial charge is 0.481 e. The van der Waals surface area contributed by atoms with Crippen molar-refractivity contribution in [3.8, 4) is 0 Å². The molecule has 0 rings (SSSR count). The normalized spacial score (nSPS) is 15.5. The van der Waals surface area contributed by atoms with Crippen molar-refractivity contribution in [2.45, 2.75) is 77.5 Å². The summed E-state index contributed by atoms with van der Waals surface area (Å²) in [6.45, 7) is 6.68. The summed E-state index contributed by atoms with van der Waals surface area (Å²) in [6.07, 6.45) is -0.717. The number of primary amides is 1. The van der Waals surface area contributed by atoms with Gasteiger partial charge in [0.25, 0.3) is 0 Å². The molecular formula is C20H35N5O8. The van der Waals surface area contributed by atoms with Crippen LogP contribution in [0.2, 0.25) is 0 Å². The van der Waals surface area contributed by atoms with Crippen molar-refractivity contribution in [1.82, 2.24) is 16.0 Å². The van der Waals surface area contributed by atoms with Gasteiger partial charge in [-0.15, -0.1) is 0 Å². The number of aliphatic carboxylic acids is 2. The second kappa shape index (κ2) is 14.0. The van der Waals surface area contributed by atoms with Gasteiger partial charge in [-0.05, 0) is 18.3 Å². The Morgan fingerprint density at radius 2 is 1.39 bits per heavy atom. The monoisotopic (exact) mass is 473 g/mol. The van der Waals surface area contributed by atoms with Crippen LogP contribution in [0.15, 0.2) is 0 Å². The molecule has 0 aromatic heterocycles. The molecule has 13 heteroatoms. The van der Waals surface area contributed by atoms with E-state index in [1.807, 2.05) is 0 Å². The summed E-state index contributed by atoms with van der Waals surface area (Å²) in [5, 5.41) is 25.3. The molecule has 13 nitrogen and oxygen atoms in total. The Hall–Kier alpha value is -3.22. The van der Waals surface area contributed by atoms with Crippen molar-refractivity contribution >= 4 is 35.6 Å². The van der Waals surface area contributed by atoms with Gasteiger partial charge in [0.15, 0.2) is 0 Å². The van der Waals surface area contributed by atoms with E-state index in [4.69, 9.17) is 16.6 Å². The van der Waals surface area contributed by atoms with Crippen LogP contribution in [0.3, 0.4) is 0 Å². The first kappa shape index (κ1) is 29.8. The first-order valence-corrected chi connectivity index (χ1v) is 10.6. The molecule has 0 saturated heterocycles. The lowest BCUT2D eigenvalue weighted by Crippen LogP contribution is -2.59. The highest BCUT2D eigenvalue weighted by Gasteiger charge is 2.33. The number of hydrogen-bond acceptors (Lipinski definition) is 7. The van der Waals surface area contributed by atoms with Crippen molar-refractivity contribution < 1.29 is 39.0 Å². The fraction of sp³-hybridized carbons (Fsp3) is 0.700. The van der Waals surface area contributed by atoms with Crippen molar-refractivity contribution in [2.24, 2.45) is 23.3 Å². The van der Waals surface area contributed by atoms with Crippen LogP contribution >= 0.6 is 0 Å². The molecule has 0 aliphatic heterocycles. The van der Waals surface area contributed by atoms with E-state index in [9.17, 15) is 33.9 Å². The standard InChI is InChI=1S/C20H35N5O8/c1-5-10(4)16(19(31)24-15(9(2)3)20(32)33)25-18(30)12(6-7-13(22)26)23-17(29)11(21)8-14(27)28/h9-12,15-16H,5-8,21H2,1-4H3,(H2,22,26)(H,23,29)(H,24,31)(H,25,30)(H,27,28)(H,32,33). The van der Waals surface area contributed by atoms with Crippen LogP contribution in [0.4, 0.5) is 0 Å². The van der Waals surface area contributed by atoms with Crippen molar-refractivity contribution in [3.05, 3.63) is 0 Å². The predicted molar refractivity (Wildman–Crippen MR) is 116 cm³/mol. The maximum Gasteiger partial charge on any atom is 0.326 e. The summed E-state index contributed by atoms with van der Waals surface area (Å²) < 4.78 is 0. The minimum atomic E-state index is -1.44. The molecule has 4 amide bonds. The number of nitrogens with two attached hydrogens (primary N) is 2. The first-order chi connectivity index (χ1) is 15.2. The Morgan fingerprint density at radius 1 is 0.848 bits per heavy atom. The molecule has 188 valence electrons. The van der Waals surface area contributed by atoms with Crippen LogP contribution in [-0.4, -0.2) is 69.9 Å². The van der Waals surface area contributed by atoms with Gasteiger partial charge >= 0.3 is 11.9 Å². The SMILES string of the molecule is CCC(C)C(NC(=O)C(CCC(N)=O)NC(=O)C(N)CC(=O)O)C(=O)NC(C(=O)O)C(C)C. The molecule has 0 fully saturated rings. The average molecular weight is 474 g/mol. The minimum absolute atomic E-state index is 0.217. The second-order valence-corrected chi connectivity index (χ2v) is 8.21. The van der Waals surface area contributed by atoms with Gasteiger partial charge in [-0.3, -0.25) is 24.0 Å². The fourth-order valence-electron chi connectivity index (χ4n) is 2.83. The van der Waals surface area contributed by atoms with E-state index in [0.29, 0.717) is 6.42 Å². The number of nitrogens with one attached hydrogen (secondary N) is 3. The Morgan fingerprint density at radius 3 is 1.82 bits per heavy atom. The van der Waals surface area contributed by atoms with Crippen LogP contribution in [-0.2, 0) is 28.8 Å². The van der Waals surface area contributed by atoms with Crippen LogP contribution in [0.25, 0.3) is 0 Å². The number of carbonyl (C=O) groups is 6. The highest BCUT2D eigenvalue weighted by molar-refractivity contribution is 5.95. The molecule has 0 saturated carbocycles. The van der Waals surface area contributed by atoms with E-state index >= 15 is 0 Å². The van der Waals surface area contributed by atoms with Gasteiger partial charge in [0.1, 0.15) is 18.1 Å². The van der Waals surface area contributed by atoms with Gasteiger partial charge in [-0.1, -0.05) is 34.1 Å². The van der Waals surface area contributed by atoms with Gasteiger partial charge in [-0.25, -0.2) is 4.79 Å². The van der Waals surface area contributed by atoms with E-state index in [0.717, 1.165) is 0 Å². The molecule has 0 aliphatic carbocycles. The number of rotatable bonds is 15. The molecule has 0 heterocycles. The molecule has 0 aliphatic rings. The summed E-state index contributed by atoms with van der Waals surface area (Å²) in [5.74, 6) is -6.60. The third-order valence-electron chi connectivity index (χ3n) is 5.07. The fourth-order valence-corrected chi connectivity index (χ4v) is 2.83. The topological polar surface area (TPSA) is 231 Å². The first-order valence-electron chi connectivity index (χ1n) is 10.6. The zero-order chi connectivity index (χ0) is 25.9. The summed E-state index contributed by atoms with van der Waals surface area (Å²) in [6, 6.07) is -5.09. The number of amides is 4. The molecule has 5 unspecified atom stereocenters. The van der Waals surface area contributed by atoms with Crippen molar-refractivity contribution in [3.63, 3.8) is 0 Å². The smallest absolute Gasteiger partial charge is 0.326 e. The van der Waals surface area contributed by atoms with Gasteiger partial charge < -0.3 is 37.6 Å². The Kier molecular flexibility index (Phi) is 12.7. The van der Waals surface area contributed by atoms with Crippen molar-refractivity contribution in [1.29, 1.82) is 0 Å². The van der Waals surface area contributed by atoms with Gasteiger partial charge in [0.05, 0.1) is 12.5 Å². The minimum Gasteiger partial charge on any atom is -0.481 e. The van der Waals surface area contributed by atoms with E-state index in [2.05, 4.69) is 16.0 Å². The molecular weight excluding hydrogens is 438 g/mol. The number of carboxylic acids is 2. The van der Waals surface area contributed by atoms with Crippen LogP contribution in [0, 0.1) is 11.8 Å². The Balaban J connectivity index is 5.63. The Bertz CT molecular complexity index is 742. The third kappa shape index (κ3) is 10.8. The zero-order valence-electron chi connectivity index (χ0n) is 19.3. The van der Waals surface area contributed by atoms with Gasteiger partial charge in [-0.2, -0.15) is 0 Å². The van der Waals surface area contributed by atoms with E-state index in [1.165, 1.54) is 0 Å². The maximum absolute atomic E-state index is 12.9. The molecule has 0 bridgehead atoms. The molecule has 33 heavy (non-hydrogen) atoms. The molecule has 5 atom stereocenters. The lowest BCUT2D eigenvalue weighted by molar-refractivity contribution is -0.144. The number of carbonyl (C=O) groups excluding carboxylic acids is 4. The van der Waals surface area contributed by atoms with Gasteiger partial charge in [0.2, 0.25) is 23.6 Å². The highest BCUT2D eigenvalue weighted by Crippen LogP contribution is 2.11. The average Bonchev–Trinajstić information content (AvgIpc) is 2.70. The highest BCUT2D eigenvalue weighted by atomic mass is 16.4. The molecule has 0 aromatic carbocycles. The van der Waals surface area contributed by atoms with Crippen LogP contribution in [0.1, 0.15) is 53.4 Å². The number of hydrogen-bond donors (Lipinski definition) is 7. The molecule has 9 N–H and O–H groups in total. The molecule has 0 aromatic rings. The summed E-state index contributed by atoms with van der Waals surface area (Å²) in [7, 11) is 0. The van der Waals surface area contributed by atoms with E-state index in [1.54, 1.807) is 27.7 Å². The summed E-state index contributed by atoms with van der Waals surface area (Å²) in [5.41, 5.74) is 10.6. The van der Waals surface area contributed by atoms with E-state index < -0.39 is 78.0 Å². The molecule has 0 spiro atoms. The van der Waals surface area contributed by atoms with E-state index in [-0.39, 0.29) is 12.8 Å². The number of carboxylic acid groups (broad SMARTS) is 2. The Labute approximate surface area is 192 Å². The second-order valence-electron chi connectivity index (χ2n) is 8.21. The summed E-state index contributed by atoms with van der Waals surface area (Å²) in [4.78, 5) is 71.3. The third-order valence-corrected chi connectivity index (χ3v) is 5.07.